The first-order valence-corrected chi connectivity index (χ1v) is 11.8. The Kier molecular flexibility index (Phi) is 4.82. The second-order valence-corrected chi connectivity index (χ2v) is 9.50. The molecule has 27 heavy (non-hydrogen) atoms. The predicted molar refractivity (Wildman–Crippen MR) is 109 cm³/mol. The van der Waals surface area contributed by atoms with Crippen LogP contribution in [0, 0.1) is 0 Å². The lowest BCUT2D eigenvalue weighted by atomic mass is 10.0. The first-order valence-electron chi connectivity index (χ1n) is 9.94. The van der Waals surface area contributed by atoms with Gasteiger partial charge in [-0.1, -0.05) is 23.9 Å². The van der Waals surface area contributed by atoms with E-state index in [1.165, 1.54) is 31.4 Å². The smallest absolute Gasteiger partial charge is 0.237 e. The van der Waals surface area contributed by atoms with E-state index in [0.717, 1.165) is 41.5 Å². The molecule has 2 saturated carbocycles. The van der Waals surface area contributed by atoms with Crippen LogP contribution in [0.15, 0.2) is 34.4 Å². The van der Waals surface area contributed by atoms with E-state index in [9.17, 15) is 4.79 Å². The Hall–Kier alpha value is -1.60. The van der Waals surface area contributed by atoms with Crippen molar-refractivity contribution in [2.45, 2.75) is 68.6 Å². The minimum atomic E-state index is 0.235. The lowest BCUT2D eigenvalue weighted by Crippen LogP contribution is -2.34. The summed E-state index contributed by atoms with van der Waals surface area (Å²) < 4.78 is 2.26. The highest BCUT2D eigenvalue weighted by atomic mass is 32.2. The number of rotatable bonds is 7. The summed E-state index contributed by atoms with van der Waals surface area (Å²) >= 11 is 3.25. The van der Waals surface area contributed by atoms with E-state index in [2.05, 4.69) is 37.2 Å². The van der Waals surface area contributed by atoms with Gasteiger partial charge in [-0.3, -0.25) is 9.36 Å². The zero-order valence-electron chi connectivity index (χ0n) is 15.3. The van der Waals surface area contributed by atoms with Gasteiger partial charge in [0, 0.05) is 17.8 Å². The molecule has 0 bridgehead atoms. The van der Waals surface area contributed by atoms with Crippen LogP contribution in [0.1, 0.15) is 57.4 Å². The van der Waals surface area contributed by atoms with E-state index in [-0.39, 0.29) is 5.91 Å². The van der Waals surface area contributed by atoms with Crippen molar-refractivity contribution in [2.75, 3.05) is 5.75 Å². The van der Waals surface area contributed by atoms with Crippen LogP contribution in [0.4, 0.5) is 0 Å². The summed E-state index contributed by atoms with van der Waals surface area (Å²) in [5.74, 6) is 1.64. The van der Waals surface area contributed by atoms with E-state index in [1.54, 1.807) is 23.1 Å². The molecule has 1 amide bonds. The Morgan fingerprint density at radius 1 is 1.26 bits per heavy atom. The highest BCUT2D eigenvalue weighted by Crippen LogP contribution is 2.42. The summed E-state index contributed by atoms with van der Waals surface area (Å²) in [5, 5.41) is 11.8. The number of amides is 1. The molecule has 3 aliphatic rings. The van der Waals surface area contributed by atoms with E-state index in [4.69, 9.17) is 0 Å². The molecule has 0 aliphatic heterocycles. The summed E-state index contributed by atoms with van der Waals surface area (Å²) in [7, 11) is 0. The SMILES string of the molecule is O=C(CSc1nnc(-c2cccs2)n1C1CC1)N(C1=CCCCC1)C1CC1. The van der Waals surface area contributed by atoms with Crippen LogP contribution in [0.3, 0.4) is 0 Å². The lowest BCUT2D eigenvalue weighted by molar-refractivity contribution is -0.127. The van der Waals surface area contributed by atoms with Crippen molar-refractivity contribution in [1.29, 1.82) is 0 Å². The molecule has 0 N–H and O–H groups in total. The van der Waals surface area contributed by atoms with Crippen LogP contribution < -0.4 is 0 Å². The summed E-state index contributed by atoms with van der Waals surface area (Å²) in [5.41, 5.74) is 1.26. The van der Waals surface area contributed by atoms with Crippen molar-refractivity contribution in [1.82, 2.24) is 19.7 Å². The fraction of sp³-hybridized carbons (Fsp3) is 0.550. The summed E-state index contributed by atoms with van der Waals surface area (Å²) in [6.07, 6.45) is 11.6. The van der Waals surface area contributed by atoms with Crippen LogP contribution in [0.25, 0.3) is 10.7 Å². The van der Waals surface area contributed by atoms with Gasteiger partial charge in [0.15, 0.2) is 11.0 Å². The normalized spacial score (nSPS) is 19.8. The quantitative estimate of drug-likeness (QED) is 0.622. The lowest BCUT2D eigenvalue weighted by Gasteiger charge is -2.27. The van der Waals surface area contributed by atoms with Crippen LogP contribution in [0.2, 0.25) is 0 Å². The van der Waals surface area contributed by atoms with Gasteiger partial charge in [0.1, 0.15) is 0 Å². The first-order chi connectivity index (χ1) is 13.3. The average Bonchev–Trinajstić information content (AvgIpc) is 3.61. The number of thioether (sulfide) groups is 1. The number of hydrogen-bond acceptors (Lipinski definition) is 5. The number of nitrogens with zero attached hydrogens (tertiary/aromatic N) is 4. The molecule has 0 spiro atoms. The minimum Gasteiger partial charge on any atom is -0.313 e. The molecule has 2 fully saturated rings. The van der Waals surface area contributed by atoms with Crippen molar-refractivity contribution < 1.29 is 4.79 Å². The molecule has 0 saturated heterocycles. The van der Waals surface area contributed by atoms with Crippen LogP contribution >= 0.6 is 23.1 Å². The molecule has 2 aromatic rings. The fourth-order valence-corrected chi connectivity index (χ4v) is 5.35. The fourth-order valence-electron chi connectivity index (χ4n) is 3.78. The zero-order chi connectivity index (χ0) is 18.2. The Bertz CT molecular complexity index is 849. The number of thiophene rings is 1. The maximum Gasteiger partial charge on any atom is 0.237 e. The Morgan fingerprint density at radius 3 is 2.81 bits per heavy atom. The number of hydrogen-bond donors (Lipinski definition) is 0. The van der Waals surface area contributed by atoms with Crippen LogP contribution in [0.5, 0.6) is 0 Å². The van der Waals surface area contributed by atoms with Gasteiger partial charge in [0.05, 0.1) is 10.6 Å². The standard InChI is InChI=1S/C20H24N4OS2/c25-18(23(15-8-9-15)14-5-2-1-3-6-14)13-27-20-22-21-19(17-7-4-12-26-17)24(20)16-10-11-16/h4-5,7,12,15-16H,1-3,6,8-11,13H2. The minimum absolute atomic E-state index is 0.235. The number of carbonyl (C=O) groups excluding carboxylic acids is 1. The Morgan fingerprint density at radius 2 is 2.15 bits per heavy atom. The molecule has 0 radical (unpaired) electrons. The summed E-state index contributed by atoms with van der Waals surface area (Å²) in [6.45, 7) is 0. The molecule has 5 nitrogen and oxygen atoms in total. The maximum atomic E-state index is 13.0. The number of allylic oxidation sites excluding steroid dienone is 2. The van der Waals surface area contributed by atoms with Gasteiger partial charge in [0.2, 0.25) is 5.91 Å². The molecule has 2 aromatic heterocycles. The molecule has 0 atom stereocenters. The molecule has 0 unspecified atom stereocenters. The van der Waals surface area contributed by atoms with Crippen molar-refractivity contribution in [3.05, 3.63) is 29.3 Å². The van der Waals surface area contributed by atoms with Crippen LogP contribution in [-0.2, 0) is 4.79 Å². The van der Waals surface area contributed by atoms with Crippen molar-refractivity contribution >= 4 is 29.0 Å². The molecule has 3 aliphatic carbocycles. The van der Waals surface area contributed by atoms with Gasteiger partial charge in [0.25, 0.3) is 0 Å². The van der Waals surface area contributed by atoms with Gasteiger partial charge in [-0.15, -0.1) is 21.5 Å². The molecule has 5 rings (SSSR count). The van der Waals surface area contributed by atoms with E-state index >= 15 is 0 Å². The van der Waals surface area contributed by atoms with Crippen molar-refractivity contribution in [2.24, 2.45) is 0 Å². The molecular formula is C20H24N4OS2. The third-order valence-electron chi connectivity index (χ3n) is 5.40. The molecule has 7 heteroatoms. The third kappa shape index (κ3) is 3.72. The highest BCUT2D eigenvalue weighted by molar-refractivity contribution is 7.99. The maximum absolute atomic E-state index is 13.0. The zero-order valence-corrected chi connectivity index (χ0v) is 17.0. The van der Waals surface area contributed by atoms with Gasteiger partial charge in [-0.05, 0) is 62.8 Å². The molecule has 142 valence electrons. The van der Waals surface area contributed by atoms with Crippen molar-refractivity contribution in [3.8, 4) is 10.7 Å². The number of carbonyl (C=O) groups is 1. The predicted octanol–water partition coefficient (Wildman–Crippen LogP) is 4.88. The second kappa shape index (κ2) is 7.43. The monoisotopic (exact) mass is 400 g/mol. The largest absolute Gasteiger partial charge is 0.313 e. The van der Waals surface area contributed by atoms with E-state index in [1.807, 2.05) is 6.07 Å². The Balaban J connectivity index is 1.32. The van der Waals surface area contributed by atoms with Gasteiger partial charge in [-0.25, -0.2) is 0 Å². The highest BCUT2D eigenvalue weighted by Gasteiger charge is 2.36. The van der Waals surface area contributed by atoms with Crippen LogP contribution in [-0.4, -0.2) is 37.4 Å². The van der Waals surface area contributed by atoms with Crippen molar-refractivity contribution in [3.63, 3.8) is 0 Å². The summed E-state index contributed by atoms with van der Waals surface area (Å²) in [4.78, 5) is 16.3. The Labute approximate surface area is 167 Å². The first kappa shape index (κ1) is 17.5. The molecular weight excluding hydrogens is 376 g/mol. The second-order valence-electron chi connectivity index (χ2n) is 7.61. The average molecular weight is 401 g/mol. The van der Waals surface area contributed by atoms with E-state index < -0.39 is 0 Å². The molecule has 2 heterocycles. The summed E-state index contributed by atoms with van der Waals surface area (Å²) in [6, 6.07) is 5.08. The van der Waals surface area contributed by atoms with Gasteiger partial charge < -0.3 is 4.90 Å². The number of aromatic nitrogens is 3. The van der Waals surface area contributed by atoms with Gasteiger partial charge >= 0.3 is 0 Å². The third-order valence-corrected chi connectivity index (χ3v) is 7.19. The van der Waals surface area contributed by atoms with Gasteiger partial charge in [-0.2, -0.15) is 0 Å². The topological polar surface area (TPSA) is 51.0 Å². The van der Waals surface area contributed by atoms with E-state index in [0.29, 0.717) is 17.8 Å². The molecule has 0 aromatic carbocycles.